The lowest BCUT2D eigenvalue weighted by atomic mass is 9.86. The summed E-state index contributed by atoms with van der Waals surface area (Å²) >= 11 is 0. The largest absolute Gasteiger partial charge is 0.481 e. The second-order valence-corrected chi connectivity index (χ2v) is 5.30. The first kappa shape index (κ1) is 15.1. The zero-order valence-corrected chi connectivity index (χ0v) is 11.9. The van der Waals surface area contributed by atoms with Gasteiger partial charge in [0.25, 0.3) is 5.91 Å². The van der Waals surface area contributed by atoms with Gasteiger partial charge in [0.2, 0.25) is 5.91 Å². The number of nitrogens with one attached hydrogen (secondary N) is 1. The third kappa shape index (κ3) is 3.24. The van der Waals surface area contributed by atoms with Gasteiger partial charge < -0.3 is 19.7 Å². The van der Waals surface area contributed by atoms with Gasteiger partial charge in [0.15, 0.2) is 5.76 Å². The van der Waals surface area contributed by atoms with Crippen LogP contribution in [0.1, 0.15) is 24.4 Å². The summed E-state index contributed by atoms with van der Waals surface area (Å²) < 4.78 is 4.95. The van der Waals surface area contributed by atoms with Gasteiger partial charge in [-0.05, 0) is 19.1 Å². The summed E-state index contributed by atoms with van der Waals surface area (Å²) in [4.78, 5) is 36.3. The fourth-order valence-electron chi connectivity index (χ4n) is 2.22. The number of hydrogen-bond acceptors (Lipinski definition) is 4. The highest BCUT2D eigenvalue weighted by Crippen LogP contribution is 2.24. The molecule has 2 heterocycles. The van der Waals surface area contributed by atoms with Crippen LogP contribution in [-0.4, -0.2) is 46.9 Å². The monoisotopic (exact) mass is 294 g/mol. The predicted octanol–water partition coefficient (Wildman–Crippen LogP) is 0.577. The van der Waals surface area contributed by atoms with Gasteiger partial charge in [-0.15, -0.1) is 0 Å². The Hall–Kier alpha value is -2.31. The Labute approximate surface area is 121 Å². The average Bonchev–Trinajstić information content (AvgIpc) is 2.90. The van der Waals surface area contributed by atoms with Crippen LogP contribution in [-0.2, 0) is 9.59 Å². The summed E-state index contributed by atoms with van der Waals surface area (Å²) in [6.45, 7) is 4.05. The summed E-state index contributed by atoms with van der Waals surface area (Å²) in [6, 6.07) is 2.43. The van der Waals surface area contributed by atoms with E-state index in [-0.39, 0.29) is 17.6 Å². The Bertz CT molecular complexity index is 534. The summed E-state index contributed by atoms with van der Waals surface area (Å²) in [6.07, 6.45) is 1.38. The van der Waals surface area contributed by atoms with Crippen molar-refractivity contribution in [1.82, 2.24) is 10.2 Å². The lowest BCUT2D eigenvalue weighted by molar-refractivity contribution is -0.151. The molecule has 1 saturated heterocycles. The highest BCUT2D eigenvalue weighted by atomic mass is 16.4. The van der Waals surface area contributed by atoms with E-state index >= 15 is 0 Å². The highest BCUT2D eigenvalue weighted by molar-refractivity contribution is 5.95. The van der Waals surface area contributed by atoms with E-state index < -0.39 is 23.8 Å². The average molecular weight is 294 g/mol. The highest BCUT2D eigenvalue weighted by Gasteiger charge is 2.38. The van der Waals surface area contributed by atoms with Crippen LogP contribution in [0.5, 0.6) is 0 Å². The minimum Gasteiger partial charge on any atom is -0.481 e. The second kappa shape index (κ2) is 5.99. The molecule has 2 amide bonds. The first-order valence-electron chi connectivity index (χ1n) is 6.76. The summed E-state index contributed by atoms with van der Waals surface area (Å²) in [5, 5.41) is 11.5. The third-order valence-electron chi connectivity index (χ3n) is 3.78. The summed E-state index contributed by atoms with van der Waals surface area (Å²) in [5.41, 5.74) is 0. The van der Waals surface area contributed by atoms with E-state index in [4.69, 9.17) is 9.52 Å². The minimum atomic E-state index is -0.855. The van der Waals surface area contributed by atoms with Gasteiger partial charge >= 0.3 is 5.97 Å². The molecule has 2 atom stereocenters. The Kier molecular flexibility index (Phi) is 4.30. The zero-order valence-electron chi connectivity index (χ0n) is 11.9. The quantitative estimate of drug-likeness (QED) is 0.827. The lowest BCUT2D eigenvalue weighted by Crippen LogP contribution is -2.58. The third-order valence-corrected chi connectivity index (χ3v) is 3.78. The van der Waals surface area contributed by atoms with Crippen molar-refractivity contribution in [3.05, 3.63) is 24.2 Å². The van der Waals surface area contributed by atoms with Gasteiger partial charge in [0.1, 0.15) is 6.04 Å². The van der Waals surface area contributed by atoms with Gasteiger partial charge in [-0.2, -0.15) is 0 Å². The van der Waals surface area contributed by atoms with E-state index in [9.17, 15) is 14.4 Å². The molecule has 0 bridgehead atoms. The number of hydrogen-bond donors (Lipinski definition) is 2. The predicted molar refractivity (Wildman–Crippen MR) is 72.5 cm³/mol. The number of aliphatic carboxylic acids is 1. The Morgan fingerprint density at radius 2 is 2.05 bits per heavy atom. The number of furan rings is 1. The van der Waals surface area contributed by atoms with Crippen molar-refractivity contribution >= 4 is 17.8 Å². The maximum atomic E-state index is 12.1. The number of rotatable bonds is 5. The number of amides is 2. The molecule has 0 saturated carbocycles. The molecule has 21 heavy (non-hydrogen) atoms. The van der Waals surface area contributed by atoms with Crippen LogP contribution in [0, 0.1) is 11.8 Å². The van der Waals surface area contributed by atoms with E-state index in [2.05, 4.69) is 5.32 Å². The van der Waals surface area contributed by atoms with Crippen molar-refractivity contribution in [2.75, 3.05) is 13.1 Å². The van der Waals surface area contributed by atoms with E-state index in [0.717, 1.165) is 0 Å². The lowest BCUT2D eigenvalue weighted by Gasteiger charge is -2.42. The molecule has 2 rings (SSSR count). The van der Waals surface area contributed by atoms with Crippen LogP contribution in [0.2, 0.25) is 0 Å². The number of carboxylic acids is 1. The Morgan fingerprint density at radius 3 is 2.57 bits per heavy atom. The van der Waals surface area contributed by atoms with Crippen molar-refractivity contribution in [2.45, 2.75) is 19.9 Å². The zero-order chi connectivity index (χ0) is 15.6. The molecule has 1 aromatic rings. The molecule has 0 radical (unpaired) electrons. The molecule has 1 fully saturated rings. The van der Waals surface area contributed by atoms with Crippen LogP contribution < -0.4 is 5.32 Å². The molecule has 2 N–H and O–H groups in total. The fourth-order valence-corrected chi connectivity index (χ4v) is 2.22. The number of carbonyl (C=O) groups excluding carboxylic acids is 2. The summed E-state index contributed by atoms with van der Waals surface area (Å²) in [7, 11) is 0. The van der Waals surface area contributed by atoms with Gasteiger partial charge in [-0.1, -0.05) is 6.92 Å². The van der Waals surface area contributed by atoms with Crippen molar-refractivity contribution in [1.29, 1.82) is 0 Å². The minimum absolute atomic E-state index is 0.0283. The molecule has 2 unspecified atom stereocenters. The van der Waals surface area contributed by atoms with E-state index in [1.54, 1.807) is 24.8 Å². The van der Waals surface area contributed by atoms with Gasteiger partial charge in [0.05, 0.1) is 12.2 Å². The van der Waals surface area contributed by atoms with Crippen molar-refractivity contribution in [3.63, 3.8) is 0 Å². The van der Waals surface area contributed by atoms with E-state index in [1.807, 2.05) is 0 Å². The smallest absolute Gasteiger partial charge is 0.306 e. The van der Waals surface area contributed by atoms with Crippen molar-refractivity contribution < 1.29 is 23.9 Å². The second-order valence-electron chi connectivity index (χ2n) is 5.30. The molecule has 7 nitrogen and oxygen atoms in total. The number of carboxylic acid groups (broad SMARTS) is 1. The molecule has 7 heteroatoms. The van der Waals surface area contributed by atoms with E-state index in [1.165, 1.54) is 12.3 Å². The molecule has 1 aromatic heterocycles. The van der Waals surface area contributed by atoms with Crippen molar-refractivity contribution in [2.24, 2.45) is 11.8 Å². The molecule has 114 valence electrons. The van der Waals surface area contributed by atoms with Gasteiger partial charge in [-0.3, -0.25) is 14.4 Å². The Morgan fingerprint density at radius 1 is 1.38 bits per heavy atom. The topological polar surface area (TPSA) is 99.9 Å². The van der Waals surface area contributed by atoms with Gasteiger partial charge in [-0.25, -0.2) is 0 Å². The van der Waals surface area contributed by atoms with Crippen molar-refractivity contribution in [3.8, 4) is 0 Å². The maximum absolute atomic E-state index is 12.1. The maximum Gasteiger partial charge on any atom is 0.306 e. The molecular weight excluding hydrogens is 276 g/mol. The van der Waals surface area contributed by atoms with Crippen LogP contribution >= 0.6 is 0 Å². The van der Waals surface area contributed by atoms with E-state index in [0.29, 0.717) is 13.1 Å². The molecule has 1 aliphatic rings. The number of carbonyl (C=O) groups is 3. The number of likely N-dealkylation sites (tertiary alicyclic amines) is 1. The SMILES string of the molecule is CC(NC(=O)c1ccco1)C(=O)N1CC(C(C)C(=O)O)C1. The molecular formula is C14H18N2O5. The molecule has 1 aliphatic heterocycles. The molecule has 0 aromatic carbocycles. The first-order valence-corrected chi connectivity index (χ1v) is 6.76. The summed E-state index contributed by atoms with van der Waals surface area (Å²) in [5.74, 6) is -1.87. The van der Waals surface area contributed by atoms with Crippen LogP contribution in [0.4, 0.5) is 0 Å². The van der Waals surface area contributed by atoms with Crippen LogP contribution in [0.3, 0.4) is 0 Å². The fraction of sp³-hybridized carbons (Fsp3) is 0.500. The normalized spacial score (nSPS) is 17.7. The standard InChI is InChI=1S/C14H18N2O5/c1-8(14(19)20)10-6-16(7-10)13(18)9(2)15-12(17)11-4-3-5-21-11/h3-5,8-10H,6-7H2,1-2H3,(H,15,17)(H,19,20). The van der Waals surface area contributed by atoms with Gasteiger partial charge in [0, 0.05) is 19.0 Å². The molecule has 0 aliphatic carbocycles. The first-order chi connectivity index (χ1) is 9.90. The Balaban J connectivity index is 1.82. The number of nitrogens with zero attached hydrogens (tertiary/aromatic N) is 1. The van der Waals surface area contributed by atoms with Crippen LogP contribution in [0.25, 0.3) is 0 Å². The molecule has 0 spiro atoms. The van der Waals surface area contributed by atoms with Crippen LogP contribution in [0.15, 0.2) is 22.8 Å².